The summed E-state index contributed by atoms with van der Waals surface area (Å²) in [6.07, 6.45) is 8.24. The van der Waals surface area contributed by atoms with Crippen LogP contribution in [0.2, 0.25) is 0 Å². The molecule has 3 nitrogen and oxygen atoms in total. The second kappa shape index (κ2) is 5.92. The Morgan fingerprint density at radius 1 is 1.29 bits per heavy atom. The molecule has 0 spiro atoms. The molecule has 0 unspecified atom stereocenters. The van der Waals surface area contributed by atoms with Gasteiger partial charge in [0, 0.05) is 16.9 Å². The predicted molar refractivity (Wildman–Crippen MR) is 70.6 cm³/mol. The molecule has 0 amide bonds. The van der Waals surface area contributed by atoms with Gasteiger partial charge in [0.2, 0.25) is 0 Å². The minimum atomic E-state index is 0.705. The highest BCUT2D eigenvalue weighted by Gasteiger charge is 2.17. The Hall–Kier alpha value is -1.21. The van der Waals surface area contributed by atoms with Crippen molar-refractivity contribution in [2.24, 2.45) is 5.73 Å². The minimum absolute atomic E-state index is 0.705. The van der Waals surface area contributed by atoms with Gasteiger partial charge in [-0.25, -0.2) is 9.97 Å². The molecule has 1 aromatic heterocycles. The van der Waals surface area contributed by atoms with E-state index in [1.165, 1.54) is 32.1 Å². The molecule has 0 saturated heterocycles. The number of nitrogens with zero attached hydrogens (tertiary/aromatic N) is 2. The molecule has 0 bridgehead atoms. The normalized spacial score (nSPS) is 16.3. The van der Waals surface area contributed by atoms with E-state index in [2.05, 4.69) is 21.9 Å². The summed E-state index contributed by atoms with van der Waals surface area (Å²) in [5, 5.41) is 1.76. The zero-order valence-corrected chi connectivity index (χ0v) is 10.9. The van der Waals surface area contributed by atoms with Crippen molar-refractivity contribution in [2.45, 2.75) is 49.3 Å². The maximum absolute atomic E-state index is 5.24. The molecule has 0 radical (unpaired) electrons. The molecule has 4 heteroatoms. The topological polar surface area (TPSA) is 51.8 Å². The second-order valence-corrected chi connectivity index (χ2v) is 5.59. The van der Waals surface area contributed by atoms with Crippen LogP contribution in [0.15, 0.2) is 11.4 Å². The Morgan fingerprint density at radius 3 is 2.76 bits per heavy atom. The third-order valence-corrected chi connectivity index (χ3v) is 4.50. The third kappa shape index (κ3) is 3.13. The first-order chi connectivity index (χ1) is 8.31. The van der Waals surface area contributed by atoms with Crippen molar-refractivity contribution in [3.05, 3.63) is 17.6 Å². The summed E-state index contributed by atoms with van der Waals surface area (Å²) in [5.74, 6) is 2.82. The fourth-order valence-electron chi connectivity index (χ4n) is 2.09. The first kappa shape index (κ1) is 12.3. The minimum Gasteiger partial charge on any atom is -0.359 e. The first-order valence-electron chi connectivity index (χ1n) is 6.01. The van der Waals surface area contributed by atoms with Crippen molar-refractivity contribution in [1.82, 2.24) is 9.97 Å². The van der Waals surface area contributed by atoms with E-state index in [0.717, 1.165) is 16.3 Å². The number of aromatic nitrogens is 2. The average Bonchev–Trinajstić information content (AvgIpc) is 2.36. The molecule has 17 heavy (non-hydrogen) atoms. The van der Waals surface area contributed by atoms with Gasteiger partial charge in [-0.3, -0.25) is 0 Å². The Labute approximate surface area is 107 Å². The Bertz CT molecular complexity index is 442. The molecule has 1 heterocycles. The highest BCUT2D eigenvalue weighted by atomic mass is 32.2. The van der Waals surface area contributed by atoms with Crippen LogP contribution in [0.3, 0.4) is 0 Å². The fraction of sp³-hybridized carbons (Fsp3) is 0.538. The molecule has 90 valence electrons. The number of nitrogens with two attached hydrogens (primary N) is 1. The van der Waals surface area contributed by atoms with E-state index < -0.39 is 0 Å². The molecule has 1 aliphatic rings. The molecule has 0 aromatic carbocycles. The van der Waals surface area contributed by atoms with Crippen LogP contribution in [0.5, 0.6) is 0 Å². The maximum atomic E-state index is 5.24. The van der Waals surface area contributed by atoms with E-state index in [9.17, 15) is 0 Å². The molecule has 2 rings (SSSR count). The summed E-state index contributed by atoms with van der Waals surface area (Å²) < 4.78 is 0. The van der Waals surface area contributed by atoms with E-state index in [1.807, 2.05) is 18.7 Å². The molecule has 0 aliphatic heterocycles. The summed E-state index contributed by atoms with van der Waals surface area (Å²) in [6.45, 7) is 2.02. The van der Waals surface area contributed by atoms with Crippen molar-refractivity contribution in [1.29, 1.82) is 0 Å². The highest BCUT2D eigenvalue weighted by molar-refractivity contribution is 7.99. The number of hydrogen-bond donors (Lipinski definition) is 1. The largest absolute Gasteiger partial charge is 0.359 e. The zero-order chi connectivity index (χ0) is 12.1. The smallest absolute Gasteiger partial charge is 0.122 e. The van der Waals surface area contributed by atoms with Crippen LogP contribution in [0.4, 0.5) is 0 Å². The van der Waals surface area contributed by atoms with Crippen molar-refractivity contribution >= 4 is 11.8 Å². The Kier molecular flexibility index (Phi) is 4.27. The van der Waals surface area contributed by atoms with Crippen molar-refractivity contribution in [3.8, 4) is 12.0 Å². The zero-order valence-electron chi connectivity index (χ0n) is 10.1. The molecule has 0 atom stereocenters. The SMILES string of the molecule is Cc1c(C#CN)ncnc1SC1CCCCC1. The van der Waals surface area contributed by atoms with Crippen molar-refractivity contribution in [3.63, 3.8) is 0 Å². The van der Waals surface area contributed by atoms with Gasteiger partial charge in [0.1, 0.15) is 17.0 Å². The van der Waals surface area contributed by atoms with Crippen molar-refractivity contribution < 1.29 is 0 Å². The monoisotopic (exact) mass is 247 g/mol. The molecule has 1 aliphatic carbocycles. The van der Waals surface area contributed by atoms with Gasteiger partial charge in [-0.05, 0) is 25.7 Å². The lowest BCUT2D eigenvalue weighted by molar-refractivity contribution is 0.515. The lowest BCUT2D eigenvalue weighted by Gasteiger charge is -2.21. The van der Waals surface area contributed by atoms with Crippen LogP contribution in [0.1, 0.15) is 43.4 Å². The summed E-state index contributed by atoms with van der Waals surface area (Å²) in [4.78, 5) is 8.50. The van der Waals surface area contributed by atoms with E-state index >= 15 is 0 Å². The molecule has 1 saturated carbocycles. The van der Waals surface area contributed by atoms with Crippen LogP contribution >= 0.6 is 11.8 Å². The van der Waals surface area contributed by atoms with Crippen LogP contribution < -0.4 is 5.73 Å². The molecule has 2 N–H and O–H groups in total. The average molecular weight is 247 g/mol. The number of hydrogen-bond acceptors (Lipinski definition) is 4. The predicted octanol–water partition coefficient (Wildman–Crippen LogP) is 2.48. The fourth-order valence-corrected chi connectivity index (χ4v) is 3.35. The third-order valence-electron chi connectivity index (χ3n) is 3.06. The molecule has 1 aromatic rings. The first-order valence-corrected chi connectivity index (χ1v) is 6.89. The summed E-state index contributed by atoms with van der Waals surface area (Å²) in [5.41, 5.74) is 7.04. The number of rotatable bonds is 2. The Balaban J connectivity index is 2.13. The van der Waals surface area contributed by atoms with E-state index in [0.29, 0.717) is 5.25 Å². The van der Waals surface area contributed by atoms with Crippen LogP contribution in [-0.4, -0.2) is 15.2 Å². The number of thioether (sulfide) groups is 1. The summed E-state index contributed by atoms with van der Waals surface area (Å²) in [7, 11) is 0. The van der Waals surface area contributed by atoms with Gasteiger partial charge in [0.05, 0.1) is 0 Å². The second-order valence-electron chi connectivity index (χ2n) is 4.30. The van der Waals surface area contributed by atoms with Gasteiger partial charge in [-0.1, -0.05) is 19.3 Å². The van der Waals surface area contributed by atoms with Gasteiger partial charge in [0.15, 0.2) is 0 Å². The quantitative estimate of drug-likeness (QED) is 0.495. The molecular weight excluding hydrogens is 230 g/mol. The van der Waals surface area contributed by atoms with Crippen LogP contribution in [0.25, 0.3) is 0 Å². The Morgan fingerprint density at radius 2 is 2.06 bits per heavy atom. The van der Waals surface area contributed by atoms with Gasteiger partial charge in [0.25, 0.3) is 0 Å². The summed E-state index contributed by atoms with van der Waals surface area (Å²) in [6, 6.07) is 2.41. The molecule has 1 fully saturated rings. The van der Waals surface area contributed by atoms with Gasteiger partial charge in [-0.2, -0.15) is 0 Å². The van der Waals surface area contributed by atoms with E-state index in [4.69, 9.17) is 5.73 Å². The van der Waals surface area contributed by atoms with Gasteiger partial charge < -0.3 is 5.73 Å². The lowest BCUT2D eigenvalue weighted by Crippen LogP contribution is -2.09. The maximum Gasteiger partial charge on any atom is 0.122 e. The van der Waals surface area contributed by atoms with Crippen molar-refractivity contribution in [2.75, 3.05) is 0 Å². The van der Waals surface area contributed by atoms with E-state index in [1.54, 1.807) is 6.33 Å². The summed E-state index contributed by atoms with van der Waals surface area (Å²) >= 11 is 1.87. The lowest BCUT2D eigenvalue weighted by atomic mass is 10.0. The molecular formula is C13H17N3S. The van der Waals surface area contributed by atoms with Crippen LogP contribution in [0, 0.1) is 18.9 Å². The van der Waals surface area contributed by atoms with Gasteiger partial charge in [-0.15, -0.1) is 11.8 Å². The standard InChI is InChI=1S/C13H17N3S/c1-10-12(7-8-14)15-9-16-13(10)17-11-5-3-2-4-6-11/h9,11H,2-6,14H2,1H3. The van der Waals surface area contributed by atoms with Crippen LogP contribution in [-0.2, 0) is 0 Å². The van der Waals surface area contributed by atoms with E-state index in [-0.39, 0.29) is 0 Å². The van der Waals surface area contributed by atoms with Gasteiger partial charge >= 0.3 is 0 Å². The highest BCUT2D eigenvalue weighted by Crippen LogP contribution is 2.34.